The van der Waals surface area contributed by atoms with Gasteiger partial charge in [0.05, 0.1) is 5.92 Å². The molecule has 3 unspecified atom stereocenters. The molecule has 1 aromatic carbocycles. The normalized spacial score (nSPS) is 21.7. The van der Waals surface area contributed by atoms with Gasteiger partial charge in [-0.2, -0.15) is 0 Å². The minimum Gasteiger partial charge on any atom is -0.457 e. The third-order valence-electron chi connectivity index (χ3n) is 4.71. The van der Waals surface area contributed by atoms with Crippen LogP contribution in [0.3, 0.4) is 0 Å². The van der Waals surface area contributed by atoms with Crippen LogP contribution in [0.1, 0.15) is 51.2 Å². The van der Waals surface area contributed by atoms with Crippen LogP contribution in [0.15, 0.2) is 42.5 Å². The number of unbranched alkanes of at least 4 members (excludes halogenated alkanes) is 3. The van der Waals surface area contributed by atoms with Gasteiger partial charge in [-0.1, -0.05) is 62.2 Å². The Bertz CT molecular complexity index is 596. The molecule has 1 aliphatic heterocycles. The van der Waals surface area contributed by atoms with Crippen molar-refractivity contribution in [2.45, 2.75) is 45.6 Å². The molecule has 0 spiro atoms. The lowest BCUT2D eigenvalue weighted by atomic mass is 9.86. The predicted molar refractivity (Wildman–Crippen MR) is 98.8 cm³/mol. The number of carbonyl (C=O) groups is 2. The van der Waals surface area contributed by atoms with Crippen molar-refractivity contribution in [2.24, 2.45) is 11.8 Å². The number of amides is 1. The number of likely N-dealkylation sites (tertiary alicyclic amines) is 1. The van der Waals surface area contributed by atoms with Gasteiger partial charge in [0.2, 0.25) is 5.91 Å². The van der Waals surface area contributed by atoms with E-state index >= 15 is 0 Å². The second-order valence-electron chi connectivity index (χ2n) is 6.77. The van der Waals surface area contributed by atoms with Crippen molar-refractivity contribution in [1.29, 1.82) is 0 Å². The maximum absolute atomic E-state index is 12.7. The Morgan fingerprint density at radius 1 is 1.32 bits per heavy atom. The molecule has 136 valence electrons. The Hall–Kier alpha value is -2.10. The summed E-state index contributed by atoms with van der Waals surface area (Å²) in [6.07, 6.45) is 8.39. The van der Waals surface area contributed by atoms with Crippen LogP contribution in [0, 0.1) is 11.8 Å². The number of benzene rings is 1. The first-order valence-electron chi connectivity index (χ1n) is 9.18. The third-order valence-corrected chi connectivity index (χ3v) is 4.71. The minimum absolute atomic E-state index is 0.0401. The van der Waals surface area contributed by atoms with E-state index in [0.29, 0.717) is 6.54 Å². The summed E-state index contributed by atoms with van der Waals surface area (Å²) in [4.78, 5) is 26.1. The van der Waals surface area contributed by atoms with E-state index in [-0.39, 0.29) is 23.7 Å². The SMILES string of the molecule is CCCCC/C=C/C1CN(C)C(=O)C1C(OC(C)=O)c1ccccc1. The van der Waals surface area contributed by atoms with Gasteiger partial charge in [0, 0.05) is 26.4 Å². The smallest absolute Gasteiger partial charge is 0.303 e. The number of allylic oxidation sites excluding steroid dienone is 1. The van der Waals surface area contributed by atoms with Crippen molar-refractivity contribution in [3.8, 4) is 0 Å². The van der Waals surface area contributed by atoms with Crippen LogP contribution in [0.4, 0.5) is 0 Å². The van der Waals surface area contributed by atoms with Gasteiger partial charge in [-0.3, -0.25) is 9.59 Å². The van der Waals surface area contributed by atoms with Gasteiger partial charge in [0.15, 0.2) is 0 Å². The Morgan fingerprint density at radius 2 is 2.04 bits per heavy atom. The zero-order chi connectivity index (χ0) is 18.2. The van der Waals surface area contributed by atoms with Gasteiger partial charge in [0.1, 0.15) is 6.10 Å². The largest absolute Gasteiger partial charge is 0.457 e. The summed E-state index contributed by atoms with van der Waals surface area (Å²) in [7, 11) is 1.82. The number of carbonyl (C=O) groups excluding carboxylic acids is 2. The van der Waals surface area contributed by atoms with Crippen molar-refractivity contribution in [2.75, 3.05) is 13.6 Å². The number of ether oxygens (including phenoxy) is 1. The highest BCUT2D eigenvalue weighted by Gasteiger charge is 2.44. The Balaban J connectivity index is 2.21. The van der Waals surface area contributed by atoms with Crippen LogP contribution in [-0.4, -0.2) is 30.4 Å². The molecule has 1 saturated heterocycles. The standard InChI is InChI=1S/C21H29NO3/c1-4-5-6-7-9-14-18-15-22(3)21(24)19(18)20(25-16(2)23)17-12-10-8-11-13-17/h8-14,18-20H,4-7,15H2,1-3H3/b14-9+. The lowest BCUT2D eigenvalue weighted by molar-refractivity contribution is -0.152. The first-order valence-corrected chi connectivity index (χ1v) is 9.18. The molecule has 0 aliphatic carbocycles. The minimum atomic E-state index is -0.540. The zero-order valence-electron chi connectivity index (χ0n) is 15.5. The van der Waals surface area contributed by atoms with E-state index in [1.165, 1.54) is 26.2 Å². The van der Waals surface area contributed by atoms with Crippen molar-refractivity contribution in [1.82, 2.24) is 4.90 Å². The Kier molecular flexibility index (Phi) is 7.23. The van der Waals surface area contributed by atoms with E-state index in [2.05, 4.69) is 19.1 Å². The maximum atomic E-state index is 12.7. The van der Waals surface area contributed by atoms with E-state index in [0.717, 1.165) is 12.0 Å². The van der Waals surface area contributed by atoms with Gasteiger partial charge in [-0.05, 0) is 18.4 Å². The fraction of sp³-hybridized carbons (Fsp3) is 0.524. The summed E-state index contributed by atoms with van der Waals surface area (Å²) in [5.41, 5.74) is 0.871. The van der Waals surface area contributed by atoms with E-state index < -0.39 is 6.10 Å². The molecule has 3 atom stereocenters. The number of esters is 1. The molecular weight excluding hydrogens is 314 g/mol. The first-order chi connectivity index (χ1) is 12.0. The van der Waals surface area contributed by atoms with Gasteiger partial charge in [0.25, 0.3) is 0 Å². The average molecular weight is 343 g/mol. The molecule has 0 N–H and O–H groups in total. The molecule has 0 bridgehead atoms. The van der Waals surface area contributed by atoms with Crippen molar-refractivity contribution in [3.63, 3.8) is 0 Å². The summed E-state index contributed by atoms with van der Waals surface area (Å²) >= 11 is 0. The summed E-state index contributed by atoms with van der Waals surface area (Å²) in [5, 5.41) is 0. The van der Waals surface area contributed by atoms with E-state index in [1.54, 1.807) is 4.90 Å². The topological polar surface area (TPSA) is 46.6 Å². The molecule has 1 heterocycles. The molecule has 1 aromatic rings. The zero-order valence-corrected chi connectivity index (χ0v) is 15.5. The van der Waals surface area contributed by atoms with Gasteiger partial charge in [-0.25, -0.2) is 0 Å². The highest BCUT2D eigenvalue weighted by Crippen LogP contribution is 2.38. The van der Waals surface area contributed by atoms with Gasteiger partial charge < -0.3 is 9.64 Å². The summed E-state index contributed by atoms with van der Waals surface area (Å²) in [6.45, 7) is 4.25. The first kappa shape index (κ1) is 19.2. The molecular formula is C21H29NO3. The fourth-order valence-electron chi connectivity index (χ4n) is 3.45. The van der Waals surface area contributed by atoms with Crippen molar-refractivity contribution >= 4 is 11.9 Å². The molecule has 0 saturated carbocycles. The van der Waals surface area contributed by atoms with Crippen LogP contribution in [-0.2, 0) is 14.3 Å². The maximum Gasteiger partial charge on any atom is 0.303 e. The Labute approximate surface area is 150 Å². The van der Waals surface area contributed by atoms with Crippen LogP contribution in [0.2, 0.25) is 0 Å². The summed E-state index contributed by atoms with van der Waals surface area (Å²) in [5.74, 6) is -0.623. The lowest BCUT2D eigenvalue weighted by Crippen LogP contribution is -2.29. The third kappa shape index (κ3) is 5.18. The van der Waals surface area contributed by atoms with Crippen molar-refractivity contribution < 1.29 is 14.3 Å². The summed E-state index contributed by atoms with van der Waals surface area (Å²) < 4.78 is 5.59. The van der Waals surface area contributed by atoms with E-state index in [9.17, 15) is 9.59 Å². The van der Waals surface area contributed by atoms with Crippen molar-refractivity contribution in [3.05, 3.63) is 48.0 Å². The molecule has 0 aromatic heterocycles. The summed E-state index contributed by atoms with van der Waals surface area (Å²) in [6, 6.07) is 9.57. The van der Waals surface area contributed by atoms with Gasteiger partial charge in [-0.15, -0.1) is 0 Å². The van der Waals surface area contributed by atoms with Crippen LogP contribution in [0.25, 0.3) is 0 Å². The molecule has 4 heteroatoms. The molecule has 1 fully saturated rings. The quantitative estimate of drug-likeness (QED) is 0.405. The fourth-order valence-corrected chi connectivity index (χ4v) is 3.45. The number of hydrogen-bond donors (Lipinski definition) is 0. The monoisotopic (exact) mass is 343 g/mol. The molecule has 2 rings (SSSR count). The van der Waals surface area contributed by atoms with Crippen LogP contribution >= 0.6 is 0 Å². The molecule has 25 heavy (non-hydrogen) atoms. The highest BCUT2D eigenvalue weighted by molar-refractivity contribution is 5.83. The molecule has 0 radical (unpaired) electrons. The van der Waals surface area contributed by atoms with E-state index in [4.69, 9.17) is 4.74 Å². The highest BCUT2D eigenvalue weighted by atomic mass is 16.5. The Morgan fingerprint density at radius 3 is 2.68 bits per heavy atom. The number of rotatable bonds is 8. The van der Waals surface area contributed by atoms with Crippen LogP contribution in [0.5, 0.6) is 0 Å². The van der Waals surface area contributed by atoms with Gasteiger partial charge >= 0.3 is 5.97 Å². The van der Waals surface area contributed by atoms with E-state index in [1.807, 2.05) is 37.4 Å². The second-order valence-corrected chi connectivity index (χ2v) is 6.77. The average Bonchev–Trinajstić information content (AvgIpc) is 2.87. The molecule has 1 amide bonds. The molecule has 1 aliphatic rings. The number of hydrogen-bond acceptors (Lipinski definition) is 3. The predicted octanol–water partition coefficient (Wildman–Crippen LogP) is 4.13. The van der Waals surface area contributed by atoms with Crippen LogP contribution < -0.4 is 0 Å². The number of nitrogens with zero attached hydrogens (tertiary/aromatic N) is 1. The lowest BCUT2D eigenvalue weighted by Gasteiger charge is -2.25. The second kappa shape index (κ2) is 9.40. The molecule has 4 nitrogen and oxygen atoms in total.